The summed E-state index contributed by atoms with van der Waals surface area (Å²) < 4.78 is 0. The number of aromatic nitrogens is 1. The van der Waals surface area contributed by atoms with Gasteiger partial charge in [0.2, 0.25) is 0 Å². The fraction of sp³-hybridized carbons (Fsp3) is 0.100. The topological polar surface area (TPSA) is 42.1 Å². The second-order valence-electron chi connectivity index (χ2n) is 2.71. The molecule has 0 saturated carbocycles. The van der Waals surface area contributed by atoms with Crippen LogP contribution in [-0.2, 0) is 0 Å². The molecule has 1 aromatic heterocycles. The van der Waals surface area contributed by atoms with E-state index in [1.807, 2.05) is 23.2 Å². The quantitative estimate of drug-likeness (QED) is 0.641. The zero-order valence-corrected chi connectivity index (χ0v) is 7.07. The fourth-order valence-electron chi connectivity index (χ4n) is 1.11. The molecule has 64 valence electrons. The summed E-state index contributed by atoms with van der Waals surface area (Å²) in [5.41, 5.74) is 6.49. The molecule has 0 saturated heterocycles. The van der Waals surface area contributed by atoms with Gasteiger partial charge in [-0.3, -0.25) is 0 Å². The SMILES string of the molecule is Nc1ccc(N2C=CC#CC2)cn1. The minimum absolute atomic E-state index is 0.538. The van der Waals surface area contributed by atoms with Gasteiger partial charge in [0.05, 0.1) is 18.4 Å². The van der Waals surface area contributed by atoms with E-state index in [1.54, 1.807) is 12.3 Å². The molecule has 0 atom stereocenters. The number of allylic oxidation sites excluding steroid dienone is 1. The van der Waals surface area contributed by atoms with Crippen LogP contribution in [0.25, 0.3) is 0 Å². The molecule has 0 spiro atoms. The van der Waals surface area contributed by atoms with E-state index in [2.05, 4.69) is 16.8 Å². The number of rotatable bonds is 1. The first-order valence-electron chi connectivity index (χ1n) is 3.99. The van der Waals surface area contributed by atoms with Gasteiger partial charge in [-0.15, -0.1) is 0 Å². The lowest BCUT2D eigenvalue weighted by molar-refractivity contribution is 1.09. The molecule has 0 amide bonds. The molecular weight excluding hydrogens is 162 g/mol. The fourth-order valence-corrected chi connectivity index (χ4v) is 1.11. The van der Waals surface area contributed by atoms with Crippen molar-refractivity contribution in [2.24, 2.45) is 0 Å². The lowest BCUT2D eigenvalue weighted by Gasteiger charge is -2.17. The Kier molecular flexibility index (Phi) is 1.89. The van der Waals surface area contributed by atoms with E-state index in [1.165, 1.54) is 0 Å². The van der Waals surface area contributed by atoms with Crippen LogP contribution >= 0.6 is 0 Å². The van der Waals surface area contributed by atoms with Crippen molar-refractivity contribution in [3.63, 3.8) is 0 Å². The van der Waals surface area contributed by atoms with Crippen LogP contribution in [0.15, 0.2) is 30.6 Å². The highest BCUT2D eigenvalue weighted by molar-refractivity contribution is 5.53. The molecule has 2 N–H and O–H groups in total. The second-order valence-corrected chi connectivity index (χ2v) is 2.71. The zero-order chi connectivity index (χ0) is 9.10. The monoisotopic (exact) mass is 171 g/mol. The lowest BCUT2D eigenvalue weighted by Crippen LogP contribution is -2.17. The second kappa shape index (κ2) is 3.20. The highest BCUT2D eigenvalue weighted by Gasteiger charge is 2.02. The Morgan fingerprint density at radius 1 is 1.46 bits per heavy atom. The molecule has 0 fully saturated rings. The Bertz CT molecular complexity index is 381. The number of hydrogen-bond donors (Lipinski definition) is 1. The maximum Gasteiger partial charge on any atom is 0.123 e. The van der Waals surface area contributed by atoms with Crippen molar-refractivity contribution < 1.29 is 0 Å². The van der Waals surface area contributed by atoms with Crippen molar-refractivity contribution in [3.05, 3.63) is 30.6 Å². The average molecular weight is 171 g/mol. The van der Waals surface area contributed by atoms with Gasteiger partial charge in [-0.25, -0.2) is 4.98 Å². The molecule has 0 aliphatic carbocycles. The van der Waals surface area contributed by atoms with E-state index in [0.717, 1.165) is 5.69 Å². The minimum Gasteiger partial charge on any atom is -0.384 e. The maximum absolute atomic E-state index is 5.48. The number of anilines is 2. The van der Waals surface area contributed by atoms with Crippen LogP contribution in [0.1, 0.15) is 0 Å². The van der Waals surface area contributed by atoms with Crippen LogP contribution in [0.3, 0.4) is 0 Å². The molecule has 3 nitrogen and oxygen atoms in total. The number of pyridine rings is 1. The van der Waals surface area contributed by atoms with Crippen LogP contribution in [0.4, 0.5) is 11.5 Å². The average Bonchev–Trinajstić information content (AvgIpc) is 2.20. The van der Waals surface area contributed by atoms with Gasteiger partial charge >= 0.3 is 0 Å². The van der Waals surface area contributed by atoms with Gasteiger partial charge in [-0.1, -0.05) is 11.8 Å². The third kappa shape index (κ3) is 1.62. The van der Waals surface area contributed by atoms with Crippen molar-refractivity contribution in [1.29, 1.82) is 0 Å². The van der Waals surface area contributed by atoms with E-state index < -0.39 is 0 Å². The van der Waals surface area contributed by atoms with Crippen molar-refractivity contribution in [3.8, 4) is 11.8 Å². The molecular formula is C10H9N3. The molecule has 0 aromatic carbocycles. The predicted molar refractivity (Wildman–Crippen MR) is 52.9 cm³/mol. The maximum atomic E-state index is 5.48. The number of hydrogen-bond acceptors (Lipinski definition) is 3. The summed E-state index contributed by atoms with van der Waals surface area (Å²) in [4.78, 5) is 6.03. The minimum atomic E-state index is 0.538. The van der Waals surface area contributed by atoms with Gasteiger partial charge in [0.1, 0.15) is 5.82 Å². The van der Waals surface area contributed by atoms with Gasteiger partial charge in [-0.05, 0) is 12.1 Å². The molecule has 1 aliphatic heterocycles. The summed E-state index contributed by atoms with van der Waals surface area (Å²) in [5.74, 6) is 6.39. The molecule has 0 unspecified atom stereocenters. The Morgan fingerprint density at radius 3 is 3.00 bits per heavy atom. The number of nitrogens with two attached hydrogens (primary N) is 1. The van der Waals surface area contributed by atoms with Crippen molar-refractivity contribution >= 4 is 11.5 Å². The summed E-state index contributed by atoms with van der Waals surface area (Å²) in [6.07, 6.45) is 5.50. The molecule has 3 heteroatoms. The molecule has 13 heavy (non-hydrogen) atoms. The molecule has 0 bridgehead atoms. The van der Waals surface area contributed by atoms with E-state index in [-0.39, 0.29) is 0 Å². The Labute approximate surface area is 76.9 Å². The Balaban J connectivity index is 2.23. The highest BCUT2D eigenvalue weighted by atomic mass is 15.1. The van der Waals surface area contributed by atoms with Gasteiger partial charge in [-0.2, -0.15) is 0 Å². The summed E-state index contributed by atoms with van der Waals surface area (Å²) in [5, 5.41) is 0. The van der Waals surface area contributed by atoms with Crippen LogP contribution in [-0.4, -0.2) is 11.5 Å². The van der Waals surface area contributed by atoms with E-state index in [0.29, 0.717) is 12.4 Å². The van der Waals surface area contributed by atoms with Crippen molar-refractivity contribution in [1.82, 2.24) is 4.98 Å². The molecule has 1 aromatic rings. The van der Waals surface area contributed by atoms with Gasteiger partial charge < -0.3 is 10.6 Å². The summed E-state index contributed by atoms with van der Waals surface area (Å²) in [6.45, 7) is 0.710. The van der Waals surface area contributed by atoms with Crippen LogP contribution in [0.5, 0.6) is 0 Å². The normalized spacial score (nSPS) is 13.7. The number of nitrogen functional groups attached to an aromatic ring is 1. The molecule has 0 radical (unpaired) electrons. The summed E-state index contributed by atoms with van der Waals surface area (Å²) in [6, 6.07) is 3.71. The zero-order valence-electron chi connectivity index (χ0n) is 7.07. The van der Waals surface area contributed by atoms with Crippen LogP contribution in [0, 0.1) is 11.8 Å². The third-order valence-corrected chi connectivity index (χ3v) is 1.79. The van der Waals surface area contributed by atoms with Crippen LogP contribution < -0.4 is 10.6 Å². The van der Waals surface area contributed by atoms with E-state index in [9.17, 15) is 0 Å². The van der Waals surface area contributed by atoms with Crippen LogP contribution in [0.2, 0.25) is 0 Å². The molecule has 2 rings (SSSR count). The third-order valence-electron chi connectivity index (χ3n) is 1.79. The first kappa shape index (κ1) is 7.69. The predicted octanol–water partition coefficient (Wildman–Crippen LogP) is 1.00. The van der Waals surface area contributed by atoms with Gasteiger partial charge in [0.15, 0.2) is 0 Å². The van der Waals surface area contributed by atoms with E-state index >= 15 is 0 Å². The summed E-state index contributed by atoms with van der Waals surface area (Å²) >= 11 is 0. The standard InChI is InChI=1S/C10H9N3/c11-10-5-4-9(8-12-10)13-6-2-1-3-7-13/h2,4-6,8H,7H2,(H2,11,12). The first-order valence-corrected chi connectivity index (χ1v) is 3.99. The van der Waals surface area contributed by atoms with Crippen molar-refractivity contribution in [2.45, 2.75) is 0 Å². The van der Waals surface area contributed by atoms with Crippen molar-refractivity contribution in [2.75, 3.05) is 17.2 Å². The largest absolute Gasteiger partial charge is 0.384 e. The first-order chi connectivity index (χ1) is 6.36. The molecule has 1 aliphatic rings. The smallest absolute Gasteiger partial charge is 0.123 e. The Hall–Kier alpha value is -1.95. The van der Waals surface area contributed by atoms with Gasteiger partial charge in [0, 0.05) is 12.3 Å². The number of nitrogens with zero attached hydrogens (tertiary/aromatic N) is 2. The Morgan fingerprint density at radius 2 is 2.38 bits per heavy atom. The molecule has 2 heterocycles. The summed E-state index contributed by atoms with van der Waals surface area (Å²) in [7, 11) is 0. The van der Waals surface area contributed by atoms with Gasteiger partial charge in [0.25, 0.3) is 0 Å². The van der Waals surface area contributed by atoms with E-state index in [4.69, 9.17) is 5.73 Å². The highest BCUT2D eigenvalue weighted by Crippen LogP contribution is 2.14. The lowest BCUT2D eigenvalue weighted by atomic mass is 10.3.